The second-order valence-corrected chi connectivity index (χ2v) is 5.78. The zero-order valence-corrected chi connectivity index (χ0v) is 14.9. The third kappa shape index (κ3) is 4.73. The predicted octanol–water partition coefficient (Wildman–Crippen LogP) is 4.59. The Morgan fingerprint density at radius 2 is 1.33 bits per heavy atom. The van der Waals surface area contributed by atoms with E-state index < -0.39 is 0 Å². The van der Waals surface area contributed by atoms with Gasteiger partial charge in [-0.1, -0.05) is 36.4 Å². The van der Waals surface area contributed by atoms with Crippen LogP contribution in [-0.2, 0) is 0 Å². The maximum absolute atomic E-state index is 12.4. The first-order valence-electron chi connectivity index (χ1n) is 8.67. The van der Waals surface area contributed by atoms with E-state index >= 15 is 0 Å². The van der Waals surface area contributed by atoms with Crippen molar-refractivity contribution in [2.24, 2.45) is 0 Å². The summed E-state index contributed by atoms with van der Waals surface area (Å²) in [6, 6.07) is 23.0. The normalized spacial score (nSPS) is 10.1. The van der Waals surface area contributed by atoms with Crippen LogP contribution in [0.15, 0.2) is 78.9 Å². The van der Waals surface area contributed by atoms with Crippen molar-refractivity contribution < 1.29 is 14.3 Å². The zero-order valence-electron chi connectivity index (χ0n) is 14.9. The molecule has 2 amide bonds. The highest BCUT2D eigenvalue weighted by Gasteiger charge is 2.12. The molecule has 3 aromatic carbocycles. The van der Waals surface area contributed by atoms with Crippen LogP contribution in [0.4, 0.5) is 11.4 Å². The molecular weight excluding hydrogens is 340 g/mol. The van der Waals surface area contributed by atoms with Crippen LogP contribution in [0.5, 0.6) is 5.75 Å². The summed E-state index contributed by atoms with van der Waals surface area (Å²) in [5.41, 5.74) is 2.26. The number of nitrogens with one attached hydrogen (secondary N) is 2. The Hall–Kier alpha value is -3.60. The van der Waals surface area contributed by atoms with Crippen molar-refractivity contribution in [1.29, 1.82) is 0 Å². The number of benzene rings is 3. The molecule has 0 aromatic heterocycles. The van der Waals surface area contributed by atoms with Gasteiger partial charge < -0.3 is 15.4 Å². The van der Waals surface area contributed by atoms with Gasteiger partial charge in [-0.15, -0.1) is 0 Å². The molecule has 2 N–H and O–H groups in total. The SMILES string of the molecule is CCOc1cc(NC(=O)c2ccccc2)ccc1NC(=O)c1ccccc1. The molecule has 5 nitrogen and oxygen atoms in total. The largest absolute Gasteiger partial charge is 0.492 e. The Bertz CT molecular complexity index is 925. The number of carbonyl (C=O) groups is 2. The molecule has 3 rings (SSSR count). The van der Waals surface area contributed by atoms with E-state index in [0.29, 0.717) is 34.9 Å². The minimum atomic E-state index is -0.224. The van der Waals surface area contributed by atoms with Crippen LogP contribution in [0.2, 0.25) is 0 Å². The quantitative estimate of drug-likeness (QED) is 0.676. The van der Waals surface area contributed by atoms with Crippen molar-refractivity contribution >= 4 is 23.2 Å². The number of anilines is 2. The van der Waals surface area contributed by atoms with Crippen molar-refractivity contribution in [3.05, 3.63) is 90.0 Å². The van der Waals surface area contributed by atoms with Crippen LogP contribution in [-0.4, -0.2) is 18.4 Å². The minimum absolute atomic E-state index is 0.209. The summed E-state index contributed by atoms with van der Waals surface area (Å²) >= 11 is 0. The molecule has 0 unspecified atom stereocenters. The fourth-order valence-electron chi connectivity index (χ4n) is 2.56. The van der Waals surface area contributed by atoms with E-state index in [2.05, 4.69) is 10.6 Å². The maximum Gasteiger partial charge on any atom is 0.255 e. The number of hydrogen-bond donors (Lipinski definition) is 2. The van der Waals surface area contributed by atoms with E-state index in [0.717, 1.165) is 0 Å². The summed E-state index contributed by atoms with van der Waals surface area (Å²) in [5, 5.41) is 5.68. The molecule has 5 heteroatoms. The van der Waals surface area contributed by atoms with Gasteiger partial charge in [-0.05, 0) is 43.3 Å². The van der Waals surface area contributed by atoms with Crippen LogP contribution in [0.25, 0.3) is 0 Å². The molecule has 0 aliphatic carbocycles. The van der Waals surface area contributed by atoms with Crippen molar-refractivity contribution in [1.82, 2.24) is 0 Å². The van der Waals surface area contributed by atoms with Gasteiger partial charge in [0.1, 0.15) is 5.75 Å². The Kier molecular flexibility index (Phi) is 5.84. The second kappa shape index (κ2) is 8.67. The topological polar surface area (TPSA) is 67.4 Å². The molecule has 0 radical (unpaired) electrons. The highest BCUT2D eigenvalue weighted by molar-refractivity contribution is 6.06. The maximum atomic E-state index is 12.4. The van der Waals surface area contributed by atoms with Crippen LogP contribution >= 0.6 is 0 Å². The van der Waals surface area contributed by atoms with Gasteiger partial charge in [0.25, 0.3) is 11.8 Å². The summed E-state index contributed by atoms with van der Waals surface area (Å²) in [6.07, 6.45) is 0. The summed E-state index contributed by atoms with van der Waals surface area (Å²) in [7, 11) is 0. The first kappa shape index (κ1) is 18.2. The van der Waals surface area contributed by atoms with Gasteiger partial charge in [0.05, 0.1) is 12.3 Å². The third-order valence-corrected chi connectivity index (χ3v) is 3.86. The molecule has 0 bridgehead atoms. The number of carbonyl (C=O) groups excluding carboxylic acids is 2. The van der Waals surface area contributed by atoms with Crippen LogP contribution in [0, 0.1) is 0 Å². The molecule has 3 aromatic rings. The van der Waals surface area contributed by atoms with Gasteiger partial charge in [-0.2, -0.15) is 0 Å². The van der Waals surface area contributed by atoms with Gasteiger partial charge >= 0.3 is 0 Å². The Labute approximate surface area is 158 Å². The first-order chi connectivity index (χ1) is 13.2. The van der Waals surface area contributed by atoms with E-state index in [1.165, 1.54) is 0 Å². The Balaban J connectivity index is 1.78. The highest BCUT2D eigenvalue weighted by Crippen LogP contribution is 2.29. The lowest BCUT2D eigenvalue weighted by molar-refractivity contribution is 0.101. The minimum Gasteiger partial charge on any atom is -0.492 e. The number of rotatable bonds is 6. The average molecular weight is 360 g/mol. The van der Waals surface area contributed by atoms with Gasteiger partial charge in [0.15, 0.2) is 0 Å². The van der Waals surface area contributed by atoms with Gasteiger partial charge in [-0.25, -0.2) is 0 Å². The number of hydrogen-bond acceptors (Lipinski definition) is 3. The lowest BCUT2D eigenvalue weighted by Crippen LogP contribution is -2.14. The molecule has 0 saturated carbocycles. The fourth-order valence-corrected chi connectivity index (χ4v) is 2.56. The molecule has 0 aliphatic heterocycles. The van der Waals surface area contributed by atoms with Crippen LogP contribution in [0.1, 0.15) is 27.6 Å². The van der Waals surface area contributed by atoms with Gasteiger partial charge in [0, 0.05) is 22.9 Å². The monoisotopic (exact) mass is 360 g/mol. The van der Waals surface area contributed by atoms with E-state index in [1.807, 2.05) is 31.2 Å². The van der Waals surface area contributed by atoms with E-state index in [9.17, 15) is 9.59 Å². The Morgan fingerprint density at radius 1 is 0.778 bits per heavy atom. The van der Waals surface area contributed by atoms with E-state index in [1.54, 1.807) is 54.6 Å². The molecular formula is C22H20N2O3. The summed E-state index contributed by atoms with van der Waals surface area (Å²) in [5.74, 6) is 0.0596. The molecule has 136 valence electrons. The molecule has 0 spiro atoms. The molecule has 0 aliphatic rings. The summed E-state index contributed by atoms with van der Waals surface area (Å²) in [4.78, 5) is 24.7. The lowest BCUT2D eigenvalue weighted by atomic mass is 10.2. The Morgan fingerprint density at radius 3 is 1.89 bits per heavy atom. The number of ether oxygens (including phenoxy) is 1. The number of amides is 2. The predicted molar refractivity (Wildman–Crippen MR) is 106 cm³/mol. The fraction of sp³-hybridized carbons (Fsp3) is 0.0909. The van der Waals surface area contributed by atoms with Crippen molar-refractivity contribution in [3.63, 3.8) is 0 Å². The van der Waals surface area contributed by atoms with Gasteiger partial charge in [0.2, 0.25) is 0 Å². The van der Waals surface area contributed by atoms with E-state index in [-0.39, 0.29) is 11.8 Å². The zero-order chi connectivity index (χ0) is 19.1. The van der Waals surface area contributed by atoms with Crippen molar-refractivity contribution in [3.8, 4) is 5.75 Å². The standard InChI is InChI=1S/C22H20N2O3/c1-2-27-20-15-18(23-21(25)16-9-5-3-6-10-16)13-14-19(20)24-22(26)17-11-7-4-8-12-17/h3-15H,2H2,1H3,(H,23,25)(H,24,26). The highest BCUT2D eigenvalue weighted by atomic mass is 16.5. The summed E-state index contributed by atoms with van der Waals surface area (Å²) < 4.78 is 5.64. The van der Waals surface area contributed by atoms with Crippen LogP contribution < -0.4 is 15.4 Å². The van der Waals surface area contributed by atoms with Crippen LogP contribution in [0.3, 0.4) is 0 Å². The van der Waals surface area contributed by atoms with E-state index in [4.69, 9.17) is 4.74 Å². The van der Waals surface area contributed by atoms with Crippen molar-refractivity contribution in [2.75, 3.05) is 17.2 Å². The first-order valence-corrected chi connectivity index (χ1v) is 8.67. The second-order valence-electron chi connectivity index (χ2n) is 5.78. The third-order valence-electron chi connectivity index (χ3n) is 3.86. The molecule has 0 atom stereocenters. The lowest BCUT2D eigenvalue weighted by Gasteiger charge is -2.14. The smallest absolute Gasteiger partial charge is 0.255 e. The van der Waals surface area contributed by atoms with Gasteiger partial charge in [-0.3, -0.25) is 9.59 Å². The molecule has 0 saturated heterocycles. The summed E-state index contributed by atoms with van der Waals surface area (Å²) in [6.45, 7) is 2.29. The average Bonchev–Trinajstić information content (AvgIpc) is 2.71. The molecule has 0 heterocycles. The molecule has 0 fully saturated rings. The van der Waals surface area contributed by atoms with Crippen molar-refractivity contribution in [2.45, 2.75) is 6.92 Å². The molecule has 27 heavy (non-hydrogen) atoms.